The third-order valence-corrected chi connectivity index (χ3v) is 4.73. The number of para-hydroxylation sites is 1. The predicted molar refractivity (Wildman–Crippen MR) is 107 cm³/mol. The molecule has 3 aromatic rings. The van der Waals surface area contributed by atoms with Gasteiger partial charge in [0.05, 0.1) is 6.61 Å². The van der Waals surface area contributed by atoms with Gasteiger partial charge < -0.3 is 10.1 Å². The third-order valence-electron chi connectivity index (χ3n) is 3.65. The summed E-state index contributed by atoms with van der Waals surface area (Å²) in [6.45, 7) is 3.97. The lowest BCUT2D eigenvalue weighted by atomic mass is 10.2. The standard InChI is InChI=1S/C20H19N3O3S/c1-3-26-19(24)16-17(23-20(25)21-15-7-5-4-6-8-15)22-18(27-16)14-11-9-13(2)10-12-14/h4-12H,3H2,1-2H3,(H2,21,23,25). The molecule has 2 aromatic carbocycles. The maximum Gasteiger partial charge on any atom is 0.352 e. The highest BCUT2D eigenvalue weighted by atomic mass is 32.1. The van der Waals surface area contributed by atoms with E-state index in [1.807, 2.05) is 49.4 Å². The molecular weight excluding hydrogens is 362 g/mol. The molecule has 0 saturated heterocycles. The molecule has 1 aromatic heterocycles. The average Bonchev–Trinajstić information content (AvgIpc) is 3.07. The lowest BCUT2D eigenvalue weighted by molar-refractivity contribution is 0.0533. The summed E-state index contributed by atoms with van der Waals surface area (Å²) in [5.74, 6) is -0.328. The number of esters is 1. The van der Waals surface area contributed by atoms with E-state index in [4.69, 9.17) is 4.74 Å². The number of urea groups is 1. The molecule has 3 rings (SSSR count). The second-order valence-electron chi connectivity index (χ2n) is 5.73. The summed E-state index contributed by atoms with van der Waals surface area (Å²) in [5.41, 5.74) is 2.64. The summed E-state index contributed by atoms with van der Waals surface area (Å²) in [6, 6.07) is 16.3. The molecule has 0 spiro atoms. The Kier molecular flexibility index (Phi) is 5.83. The van der Waals surface area contributed by atoms with E-state index in [0.29, 0.717) is 10.7 Å². The molecule has 0 saturated carbocycles. The first-order valence-electron chi connectivity index (χ1n) is 8.45. The fourth-order valence-electron chi connectivity index (χ4n) is 2.35. The van der Waals surface area contributed by atoms with Crippen LogP contribution in [0.5, 0.6) is 0 Å². The van der Waals surface area contributed by atoms with E-state index < -0.39 is 12.0 Å². The van der Waals surface area contributed by atoms with E-state index in [1.54, 1.807) is 19.1 Å². The zero-order valence-corrected chi connectivity index (χ0v) is 15.8. The van der Waals surface area contributed by atoms with Crippen molar-refractivity contribution in [3.63, 3.8) is 0 Å². The summed E-state index contributed by atoms with van der Waals surface area (Å²) in [6.07, 6.45) is 0. The van der Waals surface area contributed by atoms with Gasteiger partial charge in [-0.15, -0.1) is 11.3 Å². The number of carbonyl (C=O) groups is 2. The lowest BCUT2D eigenvalue weighted by Gasteiger charge is -2.07. The van der Waals surface area contributed by atoms with E-state index in [-0.39, 0.29) is 17.3 Å². The molecule has 0 unspecified atom stereocenters. The van der Waals surface area contributed by atoms with Gasteiger partial charge >= 0.3 is 12.0 Å². The zero-order chi connectivity index (χ0) is 19.2. The van der Waals surface area contributed by atoms with Gasteiger partial charge in [0.2, 0.25) is 0 Å². The molecule has 0 radical (unpaired) electrons. The number of hydrogen-bond acceptors (Lipinski definition) is 5. The van der Waals surface area contributed by atoms with E-state index in [2.05, 4.69) is 15.6 Å². The normalized spacial score (nSPS) is 10.3. The first kappa shape index (κ1) is 18.6. The van der Waals surface area contributed by atoms with Crippen LogP contribution in [0.4, 0.5) is 16.3 Å². The number of carbonyl (C=O) groups excluding carboxylic acids is 2. The van der Waals surface area contributed by atoms with Crippen LogP contribution in [0.3, 0.4) is 0 Å². The van der Waals surface area contributed by atoms with E-state index in [1.165, 1.54) is 11.3 Å². The first-order chi connectivity index (χ1) is 13.1. The van der Waals surface area contributed by atoms with Gasteiger partial charge in [0, 0.05) is 11.3 Å². The Morgan fingerprint density at radius 2 is 1.74 bits per heavy atom. The molecule has 0 aliphatic rings. The second kappa shape index (κ2) is 8.46. The van der Waals surface area contributed by atoms with Crippen LogP contribution >= 0.6 is 11.3 Å². The number of nitrogens with zero attached hydrogens (tertiary/aromatic N) is 1. The van der Waals surface area contributed by atoms with Crippen molar-refractivity contribution in [3.8, 4) is 10.6 Å². The maximum atomic E-state index is 12.3. The monoisotopic (exact) mass is 381 g/mol. The summed E-state index contributed by atoms with van der Waals surface area (Å²) in [5, 5.41) is 5.99. The first-order valence-corrected chi connectivity index (χ1v) is 9.26. The van der Waals surface area contributed by atoms with E-state index in [9.17, 15) is 9.59 Å². The van der Waals surface area contributed by atoms with Crippen molar-refractivity contribution in [3.05, 3.63) is 65.0 Å². The lowest BCUT2D eigenvalue weighted by Crippen LogP contribution is -2.21. The van der Waals surface area contributed by atoms with Gasteiger partial charge in [-0.1, -0.05) is 48.0 Å². The highest BCUT2D eigenvalue weighted by molar-refractivity contribution is 7.17. The minimum atomic E-state index is -0.511. The SMILES string of the molecule is CCOC(=O)c1sc(-c2ccc(C)cc2)nc1NC(=O)Nc1ccccc1. The van der Waals surface area contributed by atoms with Gasteiger partial charge in [0.15, 0.2) is 10.7 Å². The van der Waals surface area contributed by atoms with Crippen LogP contribution in [0.2, 0.25) is 0 Å². The minimum absolute atomic E-state index is 0.183. The van der Waals surface area contributed by atoms with Gasteiger partial charge in [-0.2, -0.15) is 0 Å². The number of aryl methyl sites for hydroxylation is 1. The molecular formula is C20H19N3O3S. The van der Waals surface area contributed by atoms with Gasteiger partial charge in [0.25, 0.3) is 0 Å². The van der Waals surface area contributed by atoms with Crippen molar-refractivity contribution in [1.29, 1.82) is 0 Å². The Bertz CT molecular complexity index is 937. The highest BCUT2D eigenvalue weighted by Gasteiger charge is 2.21. The molecule has 138 valence electrons. The zero-order valence-electron chi connectivity index (χ0n) is 15.0. The number of hydrogen-bond donors (Lipinski definition) is 2. The number of benzene rings is 2. The highest BCUT2D eigenvalue weighted by Crippen LogP contribution is 2.32. The molecule has 2 amide bonds. The van der Waals surface area contributed by atoms with Gasteiger partial charge in [-0.25, -0.2) is 14.6 Å². The molecule has 1 heterocycles. The topological polar surface area (TPSA) is 80.3 Å². The Morgan fingerprint density at radius 3 is 2.41 bits per heavy atom. The van der Waals surface area contributed by atoms with Crippen LogP contribution in [0.15, 0.2) is 54.6 Å². The molecule has 2 N–H and O–H groups in total. The summed E-state index contributed by atoms with van der Waals surface area (Å²) in [7, 11) is 0. The Balaban J connectivity index is 1.86. The van der Waals surface area contributed by atoms with E-state index in [0.717, 1.165) is 11.1 Å². The van der Waals surface area contributed by atoms with Gasteiger partial charge in [-0.05, 0) is 26.0 Å². The Hall–Kier alpha value is -3.19. The van der Waals surface area contributed by atoms with Crippen LogP contribution < -0.4 is 10.6 Å². The number of amides is 2. The number of thiazole rings is 1. The maximum absolute atomic E-state index is 12.3. The van der Waals surface area contributed by atoms with Crippen molar-refractivity contribution in [2.75, 3.05) is 17.2 Å². The third kappa shape index (κ3) is 4.71. The van der Waals surface area contributed by atoms with Crippen LogP contribution in [0.25, 0.3) is 10.6 Å². The van der Waals surface area contributed by atoms with Crippen molar-refractivity contribution in [2.24, 2.45) is 0 Å². The quantitative estimate of drug-likeness (QED) is 0.614. The van der Waals surface area contributed by atoms with Gasteiger partial charge in [0.1, 0.15) is 5.01 Å². The molecule has 0 aliphatic heterocycles. The van der Waals surface area contributed by atoms with Crippen LogP contribution in [-0.2, 0) is 4.74 Å². The minimum Gasteiger partial charge on any atom is -0.462 e. The summed E-state index contributed by atoms with van der Waals surface area (Å²) >= 11 is 1.19. The molecule has 0 bridgehead atoms. The fourth-order valence-corrected chi connectivity index (χ4v) is 3.27. The van der Waals surface area contributed by atoms with Crippen LogP contribution in [0.1, 0.15) is 22.2 Å². The molecule has 0 fully saturated rings. The van der Waals surface area contributed by atoms with Crippen molar-refractivity contribution < 1.29 is 14.3 Å². The largest absolute Gasteiger partial charge is 0.462 e. The summed E-state index contributed by atoms with van der Waals surface area (Å²) < 4.78 is 5.10. The predicted octanol–water partition coefficient (Wildman–Crippen LogP) is 4.94. The molecule has 27 heavy (non-hydrogen) atoms. The van der Waals surface area contributed by atoms with Crippen LogP contribution in [-0.4, -0.2) is 23.6 Å². The molecule has 0 atom stereocenters. The molecule has 7 heteroatoms. The van der Waals surface area contributed by atoms with Gasteiger partial charge in [-0.3, -0.25) is 5.32 Å². The molecule has 6 nitrogen and oxygen atoms in total. The Labute approximate surface area is 161 Å². The number of anilines is 2. The van der Waals surface area contributed by atoms with Crippen molar-refractivity contribution >= 4 is 34.8 Å². The van der Waals surface area contributed by atoms with E-state index >= 15 is 0 Å². The number of ether oxygens (including phenoxy) is 1. The summed E-state index contributed by atoms with van der Waals surface area (Å²) in [4.78, 5) is 29.3. The number of nitrogens with one attached hydrogen (secondary N) is 2. The second-order valence-corrected chi connectivity index (χ2v) is 6.73. The van der Waals surface area contributed by atoms with Crippen molar-refractivity contribution in [1.82, 2.24) is 4.98 Å². The Morgan fingerprint density at radius 1 is 1.04 bits per heavy atom. The molecule has 0 aliphatic carbocycles. The van der Waals surface area contributed by atoms with Crippen molar-refractivity contribution in [2.45, 2.75) is 13.8 Å². The van der Waals surface area contributed by atoms with Crippen LogP contribution in [0, 0.1) is 6.92 Å². The smallest absolute Gasteiger partial charge is 0.352 e. The number of aromatic nitrogens is 1. The average molecular weight is 381 g/mol. The fraction of sp³-hybridized carbons (Fsp3) is 0.150. The number of rotatable bonds is 5.